The molecule has 11 heteroatoms. The highest BCUT2D eigenvalue weighted by Gasteiger charge is 2.38. The minimum atomic E-state index is -5.08. The van der Waals surface area contributed by atoms with Crippen LogP contribution in [-0.2, 0) is 4.79 Å². The summed E-state index contributed by atoms with van der Waals surface area (Å²) in [6.45, 7) is 3.62. The van der Waals surface area contributed by atoms with Gasteiger partial charge in [-0.1, -0.05) is 11.6 Å². The van der Waals surface area contributed by atoms with Crippen molar-refractivity contribution in [2.75, 3.05) is 45.2 Å². The number of aromatic nitrogens is 1. The molecule has 1 aromatic heterocycles. The molecule has 0 spiro atoms. The zero-order valence-corrected chi connectivity index (χ0v) is 14.4. The number of alkyl halides is 3. The minimum Gasteiger partial charge on any atom is -0.475 e. The highest BCUT2D eigenvalue weighted by Crippen LogP contribution is 2.24. The number of halogens is 4. The van der Waals surface area contributed by atoms with E-state index >= 15 is 0 Å². The Bertz CT molecular complexity index is 620. The van der Waals surface area contributed by atoms with Gasteiger partial charge in [0, 0.05) is 46.5 Å². The Morgan fingerprint density at radius 1 is 1.32 bits per heavy atom. The molecule has 0 unspecified atom stereocenters. The van der Waals surface area contributed by atoms with E-state index in [2.05, 4.69) is 15.2 Å². The van der Waals surface area contributed by atoms with Gasteiger partial charge in [0.05, 0.1) is 10.6 Å². The number of pyridine rings is 1. The van der Waals surface area contributed by atoms with Gasteiger partial charge in [0.25, 0.3) is 5.91 Å². The number of carboxylic acid groups (broad SMARTS) is 1. The molecule has 0 saturated carbocycles. The van der Waals surface area contributed by atoms with Crippen molar-refractivity contribution >= 4 is 29.3 Å². The van der Waals surface area contributed by atoms with E-state index in [9.17, 15) is 18.0 Å². The first kappa shape index (κ1) is 21.0. The average Bonchev–Trinajstić information content (AvgIpc) is 2.54. The normalized spacial score (nSPS) is 14.4. The van der Waals surface area contributed by atoms with Gasteiger partial charge in [0.15, 0.2) is 0 Å². The van der Waals surface area contributed by atoms with Crippen LogP contribution in [0.25, 0.3) is 0 Å². The van der Waals surface area contributed by atoms with Gasteiger partial charge in [0.1, 0.15) is 5.82 Å². The molecule has 25 heavy (non-hydrogen) atoms. The fourth-order valence-electron chi connectivity index (χ4n) is 1.92. The van der Waals surface area contributed by atoms with Gasteiger partial charge in [-0.3, -0.25) is 4.79 Å². The van der Waals surface area contributed by atoms with Crippen molar-refractivity contribution in [3.8, 4) is 0 Å². The molecule has 2 N–H and O–H groups in total. The van der Waals surface area contributed by atoms with Crippen molar-refractivity contribution in [1.29, 1.82) is 0 Å². The van der Waals surface area contributed by atoms with Crippen LogP contribution in [0.1, 0.15) is 10.4 Å². The molecule has 0 radical (unpaired) electrons. The third-order valence-corrected chi connectivity index (χ3v) is 3.41. The molecule has 0 aromatic carbocycles. The van der Waals surface area contributed by atoms with Crippen molar-refractivity contribution in [3.05, 3.63) is 22.8 Å². The first-order valence-electron chi connectivity index (χ1n) is 7.17. The first-order valence-corrected chi connectivity index (χ1v) is 7.54. The number of hydrogen-bond donors (Lipinski definition) is 2. The van der Waals surface area contributed by atoms with E-state index in [0.29, 0.717) is 10.6 Å². The molecule has 1 aliphatic rings. The highest BCUT2D eigenvalue weighted by molar-refractivity contribution is 6.33. The lowest BCUT2D eigenvalue weighted by Gasteiger charge is -2.29. The van der Waals surface area contributed by atoms with Crippen molar-refractivity contribution in [1.82, 2.24) is 15.2 Å². The summed E-state index contributed by atoms with van der Waals surface area (Å²) < 4.78 is 31.7. The van der Waals surface area contributed by atoms with E-state index in [0.717, 1.165) is 32.0 Å². The molecule has 7 nitrogen and oxygen atoms in total. The summed E-state index contributed by atoms with van der Waals surface area (Å²) in [6, 6.07) is 1.69. The van der Waals surface area contributed by atoms with Crippen molar-refractivity contribution in [2.45, 2.75) is 6.18 Å². The number of anilines is 1. The highest BCUT2D eigenvalue weighted by atomic mass is 35.5. The lowest BCUT2D eigenvalue weighted by atomic mass is 10.2. The van der Waals surface area contributed by atoms with Gasteiger partial charge in [-0.15, -0.1) is 0 Å². The van der Waals surface area contributed by atoms with Crippen molar-refractivity contribution < 1.29 is 27.9 Å². The van der Waals surface area contributed by atoms with Crippen LogP contribution in [0.15, 0.2) is 12.3 Å². The predicted octanol–water partition coefficient (Wildman–Crippen LogP) is 1.48. The Labute approximate surface area is 147 Å². The van der Waals surface area contributed by atoms with Gasteiger partial charge in [0.2, 0.25) is 0 Å². The fourth-order valence-corrected chi connectivity index (χ4v) is 2.20. The summed E-state index contributed by atoms with van der Waals surface area (Å²) in [5.41, 5.74) is 0.517. The zero-order chi connectivity index (χ0) is 19.2. The molecule has 1 amide bonds. The summed E-state index contributed by atoms with van der Waals surface area (Å²) in [7, 11) is 3.42. The van der Waals surface area contributed by atoms with Crippen LogP contribution in [0.4, 0.5) is 19.0 Å². The molecule has 2 heterocycles. The van der Waals surface area contributed by atoms with Crippen LogP contribution in [0.5, 0.6) is 0 Å². The van der Waals surface area contributed by atoms with E-state index in [1.54, 1.807) is 26.4 Å². The monoisotopic (exact) mass is 382 g/mol. The largest absolute Gasteiger partial charge is 0.490 e. The quantitative estimate of drug-likeness (QED) is 0.806. The number of hydrogen-bond acceptors (Lipinski definition) is 5. The van der Waals surface area contributed by atoms with E-state index in [4.69, 9.17) is 21.5 Å². The minimum absolute atomic E-state index is 0.0868. The molecule has 0 aliphatic carbocycles. The topological polar surface area (TPSA) is 85.8 Å². The van der Waals surface area contributed by atoms with E-state index in [-0.39, 0.29) is 5.91 Å². The molecule has 1 fully saturated rings. The summed E-state index contributed by atoms with van der Waals surface area (Å²) in [5.74, 6) is -2.09. The fraction of sp³-hybridized carbons (Fsp3) is 0.500. The molecule has 0 bridgehead atoms. The van der Waals surface area contributed by atoms with Gasteiger partial charge < -0.3 is 20.2 Å². The Morgan fingerprint density at radius 3 is 2.24 bits per heavy atom. The van der Waals surface area contributed by atoms with Crippen molar-refractivity contribution in [2.24, 2.45) is 0 Å². The molecular formula is C14H18ClF3N4O3. The second-order valence-electron chi connectivity index (χ2n) is 5.27. The van der Waals surface area contributed by atoms with Crippen LogP contribution in [-0.4, -0.2) is 73.3 Å². The Morgan fingerprint density at radius 2 is 1.84 bits per heavy atom. The van der Waals surface area contributed by atoms with Gasteiger partial charge in [-0.2, -0.15) is 13.2 Å². The van der Waals surface area contributed by atoms with Crippen LogP contribution >= 0.6 is 11.6 Å². The number of carboxylic acids is 1. The summed E-state index contributed by atoms with van der Waals surface area (Å²) in [4.78, 5) is 28.6. The van der Waals surface area contributed by atoms with Crippen LogP contribution in [0.2, 0.25) is 5.02 Å². The number of carbonyl (C=O) groups excluding carboxylic acids is 1. The maximum absolute atomic E-state index is 11.8. The number of nitrogens with one attached hydrogen (secondary N) is 1. The number of aliphatic carboxylic acids is 1. The molecular weight excluding hydrogens is 365 g/mol. The summed E-state index contributed by atoms with van der Waals surface area (Å²) >= 11 is 6.22. The zero-order valence-electron chi connectivity index (χ0n) is 13.6. The molecule has 140 valence electrons. The molecule has 0 atom stereocenters. The Balaban J connectivity index is 0.000000381. The van der Waals surface area contributed by atoms with Crippen LogP contribution in [0.3, 0.4) is 0 Å². The molecule has 1 aliphatic heterocycles. The maximum Gasteiger partial charge on any atom is 0.490 e. The number of carbonyl (C=O) groups is 2. The number of rotatable bonds is 2. The lowest BCUT2D eigenvalue weighted by molar-refractivity contribution is -0.192. The number of amides is 1. The summed E-state index contributed by atoms with van der Waals surface area (Å²) in [6.07, 6.45) is -3.49. The average molecular weight is 383 g/mol. The van der Waals surface area contributed by atoms with E-state index < -0.39 is 12.1 Å². The standard InChI is InChI=1S/C12H17ClN4O.C2HF3O2/c1-16(2)12(18)9-7-10(13)11(15-8-9)17-5-3-14-4-6-17;3-2(4,5)1(6)7/h7-8,14H,3-6H2,1-2H3;(H,6,7). The Hall–Kier alpha value is -2.07. The van der Waals surface area contributed by atoms with Gasteiger partial charge in [-0.05, 0) is 6.07 Å². The lowest BCUT2D eigenvalue weighted by Crippen LogP contribution is -2.44. The van der Waals surface area contributed by atoms with E-state index in [1.807, 2.05) is 0 Å². The Kier molecular flexibility index (Phi) is 7.43. The maximum atomic E-state index is 11.8. The smallest absolute Gasteiger partial charge is 0.475 e. The van der Waals surface area contributed by atoms with Crippen LogP contribution < -0.4 is 10.2 Å². The van der Waals surface area contributed by atoms with Crippen LogP contribution in [0, 0.1) is 0 Å². The second kappa shape index (κ2) is 8.86. The van der Waals surface area contributed by atoms with Gasteiger partial charge >= 0.3 is 12.1 Å². The number of piperazine rings is 1. The molecule has 1 saturated heterocycles. The van der Waals surface area contributed by atoms with Crippen molar-refractivity contribution in [3.63, 3.8) is 0 Å². The third-order valence-electron chi connectivity index (χ3n) is 3.13. The number of nitrogens with zero attached hydrogens (tertiary/aromatic N) is 3. The second-order valence-corrected chi connectivity index (χ2v) is 5.68. The third kappa shape index (κ3) is 6.39. The predicted molar refractivity (Wildman–Crippen MR) is 86.0 cm³/mol. The molecule has 1 aromatic rings. The van der Waals surface area contributed by atoms with E-state index in [1.165, 1.54) is 4.90 Å². The SMILES string of the molecule is CN(C)C(=O)c1cnc(N2CCNCC2)c(Cl)c1.O=C(O)C(F)(F)F. The first-order chi connectivity index (χ1) is 11.5. The molecule has 2 rings (SSSR count). The summed E-state index contributed by atoms with van der Waals surface area (Å²) in [5, 5.41) is 10.9. The van der Waals surface area contributed by atoms with Gasteiger partial charge in [-0.25, -0.2) is 9.78 Å².